The maximum Gasteiger partial charge on any atom is 0.251 e. The molecule has 0 bridgehead atoms. The fourth-order valence-corrected chi connectivity index (χ4v) is 3.59. The van der Waals surface area contributed by atoms with Crippen LogP contribution in [0.25, 0.3) is 10.2 Å². The van der Waals surface area contributed by atoms with Crippen LogP contribution in [0, 0.1) is 0 Å². The van der Waals surface area contributed by atoms with Crippen LogP contribution in [0.4, 0.5) is 5.13 Å². The Bertz CT molecular complexity index is 1050. The van der Waals surface area contributed by atoms with E-state index < -0.39 is 0 Å². The smallest absolute Gasteiger partial charge is 0.251 e. The number of thiazole rings is 1. The van der Waals surface area contributed by atoms with E-state index >= 15 is 0 Å². The Balaban J connectivity index is 1.35. The van der Waals surface area contributed by atoms with Crippen molar-refractivity contribution in [1.82, 2.24) is 10.3 Å². The average molecular weight is 399 g/mol. The van der Waals surface area contributed by atoms with Gasteiger partial charge in [0.2, 0.25) is 12.7 Å². The largest absolute Gasteiger partial charge is 0.494 e. The molecule has 0 fully saturated rings. The first-order chi connectivity index (χ1) is 13.6. The molecule has 0 spiro atoms. The topological polar surface area (TPSA) is 98.8 Å². The number of nitrogens with zero attached hydrogens (tertiary/aromatic N) is 1. The van der Waals surface area contributed by atoms with Crippen LogP contribution in [0.15, 0.2) is 36.4 Å². The minimum absolute atomic E-state index is 0.136. The van der Waals surface area contributed by atoms with Gasteiger partial charge in [-0.25, -0.2) is 4.98 Å². The van der Waals surface area contributed by atoms with E-state index in [2.05, 4.69) is 15.6 Å². The molecule has 2 amide bonds. The van der Waals surface area contributed by atoms with Gasteiger partial charge in [-0.3, -0.25) is 9.59 Å². The number of rotatable bonds is 6. The molecule has 0 unspecified atom stereocenters. The maximum absolute atomic E-state index is 12.2. The third-order valence-electron chi connectivity index (χ3n) is 3.96. The van der Waals surface area contributed by atoms with Crippen LogP contribution in [0.2, 0.25) is 0 Å². The van der Waals surface area contributed by atoms with Gasteiger partial charge in [0, 0.05) is 5.56 Å². The molecule has 2 aromatic carbocycles. The SMILES string of the molecule is CCOc1ccc2nc(NC(=O)CNC(=O)c3ccc4c(c3)OCO4)sc2c1. The lowest BCUT2D eigenvalue weighted by atomic mass is 10.2. The number of ether oxygens (including phenoxy) is 3. The molecule has 2 N–H and O–H groups in total. The number of benzene rings is 2. The predicted octanol–water partition coefficient (Wildman–Crippen LogP) is 2.79. The third kappa shape index (κ3) is 3.84. The summed E-state index contributed by atoms with van der Waals surface area (Å²) in [5, 5.41) is 5.74. The highest BCUT2D eigenvalue weighted by atomic mass is 32.1. The summed E-state index contributed by atoms with van der Waals surface area (Å²) >= 11 is 1.34. The van der Waals surface area contributed by atoms with Crippen molar-refractivity contribution >= 4 is 38.5 Å². The Morgan fingerprint density at radius 3 is 2.89 bits per heavy atom. The zero-order chi connectivity index (χ0) is 19.5. The van der Waals surface area contributed by atoms with Gasteiger partial charge in [-0.15, -0.1) is 0 Å². The van der Waals surface area contributed by atoms with Crippen LogP contribution >= 0.6 is 11.3 Å². The first-order valence-corrected chi connectivity index (χ1v) is 9.45. The van der Waals surface area contributed by atoms with E-state index in [0.29, 0.717) is 28.8 Å². The molecule has 8 nitrogen and oxygen atoms in total. The summed E-state index contributed by atoms with van der Waals surface area (Å²) in [6.45, 7) is 2.46. The van der Waals surface area contributed by atoms with Gasteiger partial charge >= 0.3 is 0 Å². The van der Waals surface area contributed by atoms with Crippen LogP contribution in [0.3, 0.4) is 0 Å². The summed E-state index contributed by atoms with van der Waals surface area (Å²) in [6, 6.07) is 10.4. The number of carbonyl (C=O) groups is 2. The third-order valence-corrected chi connectivity index (χ3v) is 4.90. The van der Waals surface area contributed by atoms with Gasteiger partial charge in [-0.1, -0.05) is 11.3 Å². The zero-order valence-corrected chi connectivity index (χ0v) is 15.8. The van der Waals surface area contributed by atoms with Gasteiger partial charge < -0.3 is 24.8 Å². The molecule has 3 aromatic rings. The monoisotopic (exact) mass is 399 g/mol. The highest BCUT2D eigenvalue weighted by Crippen LogP contribution is 2.32. The molecule has 144 valence electrons. The van der Waals surface area contributed by atoms with Crippen molar-refractivity contribution in [2.24, 2.45) is 0 Å². The first-order valence-electron chi connectivity index (χ1n) is 8.63. The molecule has 28 heavy (non-hydrogen) atoms. The van der Waals surface area contributed by atoms with E-state index in [0.717, 1.165) is 16.0 Å². The average Bonchev–Trinajstić information content (AvgIpc) is 3.31. The molecular weight excluding hydrogens is 382 g/mol. The Hall–Kier alpha value is -3.33. The molecule has 9 heteroatoms. The highest BCUT2D eigenvalue weighted by Gasteiger charge is 2.17. The Labute approximate surface area is 164 Å². The second-order valence-electron chi connectivity index (χ2n) is 5.88. The second kappa shape index (κ2) is 7.73. The number of aromatic nitrogens is 1. The Morgan fingerprint density at radius 2 is 2.04 bits per heavy atom. The number of amides is 2. The number of hydrogen-bond donors (Lipinski definition) is 2. The fourth-order valence-electron chi connectivity index (χ4n) is 2.68. The van der Waals surface area contributed by atoms with E-state index in [4.69, 9.17) is 14.2 Å². The normalized spacial score (nSPS) is 12.0. The molecule has 4 rings (SSSR count). The fraction of sp³-hybridized carbons (Fsp3) is 0.211. The van der Waals surface area contributed by atoms with Crippen molar-refractivity contribution in [3.05, 3.63) is 42.0 Å². The van der Waals surface area contributed by atoms with Crippen LogP contribution < -0.4 is 24.8 Å². The van der Waals surface area contributed by atoms with Crippen molar-refractivity contribution in [2.75, 3.05) is 25.3 Å². The molecule has 0 radical (unpaired) electrons. The molecule has 0 saturated heterocycles. The van der Waals surface area contributed by atoms with Crippen LogP contribution in [-0.4, -0.2) is 36.7 Å². The summed E-state index contributed by atoms with van der Waals surface area (Å²) in [6.07, 6.45) is 0. The minimum atomic E-state index is -0.376. The molecule has 0 saturated carbocycles. The lowest BCUT2D eigenvalue weighted by Crippen LogP contribution is -2.32. The lowest BCUT2D eigenvalue weighted by molar-refractivity contribution is -0.115. The van der Waals surface area contributed by atoms with Gasteiger partial charge in [0.05, 0.1) is 23.4 Å². The van der Waals surface area contributed by atoms with Crippen LogP contribution in [-0.2, 0) is 4.79 Å². The van der Waals surface area contributed by atoms with Crippen molar-refractivity contribution in [1.29, 1.82) is 0 Å². The van der Waals surface area contributed by atoms with E-state index in [1.807, 2.05) is 25.1 Å². The van der Waals surface area contributed by atoms with Gasteiger partial charge in [-0.05, 0) is 43.3 Å². The van der Waals surface area contributed by atoms with Gasteiger partial charge in [0.25, 0.3) is 5.91 Å². The summed E-state index contributed by atoms with van der Waals surface area (Å²) in [4.78, 5) is 28.7. The predicted molar refractivity (Wildman–Crippen MR) is 104 cm³/mol. The highest BCUT2D eigenvalue weighted by molar-refractivity contribution is 7.22. The Morgan fingerprint density at radius 1 is 1.18 bits per heavy atom. The van der Waals surface area contributed by atoms with E-state index in [-0.39, 0.29) is 25.2 Å². The molecule has 2 heterocycles. The number of carbonyl (C=O) groups excluding carboxylic acids is 2. The molecule has 0 aliphatic carbocycles. The maximum atomic E-state index is 12.2. The number of hydrogen-bond acceptors (Lipinski definition) is 7. The quantitative estimate of drug-likeness (QED) is 0.661. The molecule has 0 atom stereocenters. The Kier molecular flexibility index (Phi) is 4.98. The van der Waals surface area contributed by atoms with Crippen LogP contribution in [0.5, 0.6) is 17.2 Å². The molecule has 1 aliphatic rings. The first kappa shape index (κ1) is 18.1. The minimum Gasteiger partial charge on any atom is -0.494 e. The number of anilines is 1. The molecule has 1 aromatic heterocycles. The van der Waals surface area contributed by atoms with Crippen molar-refractivity contribution in [3.63, 3.8) is 0 Å². The van der Waals surface area contributed by atoms with Crippen LogP contribution in [0.1, 0.15) is 17.3 Å². The van der Waals surface area contributed by atoms with E-state index in [1.165, 1.54) is 11.3 Å². The molecule has 1 aliphatic heterocycles. The lowest BCUT2D eigenvalue weighted by Gasteiger charge is -2.05. The molecular formula is C19H17N3O5S. The zero-order valence-electron chi connectivity index (χ0n) is 15.0. The second-order valence-corrected chi connectivity index (χ2v) is 6.91. The number of fused-ring (bicyclic) bond motifs is 2. The van der Waals surface area contributed by atoms with E-state index in [1.54, 1.807) is 18.2 Å². The summed E-state index contributed by atoms with van der Waals surface area (Å²) in [5.41, 5.74) is 1.16. The van der Waals surface area contributed by atoms with E-state index in [9.17, 15) is 9.59 Å². The summed E-state index contributed by atoms with van der Waals surface area (Å²) < 4.78 is 16.8. The van der Waals surface area contributed by atoms with Crippen molar-refractivity contribution in [3.8, 4) is 17.2 Å². The summed E-state index contributed by atoms with van der Waals surface area (Å²) in [5.74, 6) is 1.13. The number of nitrogens with one attached hydrogen (secondary N) is 2. The van der Waals surface area contributed by atoms with Gasteiger partial charge in [-0.2, -0.15) is 0 Å². The van der Waals surface area contributed by atoms with Gasteiger partial charge in [0.1, 0.15) is 5.75 Å². The van der Waals surface area contributed by atoms with Crippen molar-refractivity contribution < 1.29 is 23.8 Å². The van der Waals surface area contributed by atoms with Gasteiger partial charge in [0.15, 0.2) is 16.6 Å². The van der Waals surface area contributed by atoms with Crippen molar-refractivity contribution in [2.45, 2.75) is 6.92 Å². The summed E-state index contributed by atoms with van der Waals surface area (Å²) in [7, 11) is 0. The standard InChI is InChI=1S/C19H17N3O5S/c1-2-25-12-4-5-13-16(8-12)28-19(21-13)22-17(23)9-20-18(24)11-3-6-14-15(7-11)27-10-26-14/h3-8H,2,9-10H2,1H3,(H,20,24)(H,21,22,23).